The second-order valence-electron chi connectivity index (χ2n) is 6.54. The van der Waals surface area contributed by atoms with Gasteiger partial charge >= 0.3 is 11.9 Å². The quantitative estimate of drug-likeness (QED) is 0.476. The maximum absolute atomic E-state index is 10.1. The molecule has 0 bridgehead atoms. The zero-order chi connectivity index (χ0) is 17.4. The number of carboxylic acid groups (broad SMARTS) is 2. The Morgan fingerprint density at radius 3 is 1.64 bits per heavy atom. The Morgan fingerprint density at radius 2 is 1.23 bits per heavy atom. The molecular formula is C18H36O4. The minimum absolute atomic E-state index is 0.330. The molecule has 0 aromatic carbocycles. The van der Waals surface area contributed by atoms with E-state index in [1.54, 1.807) is 0 Å². The highest BCUT2D eigenvalue weighted by molar-refractivity contribution is 5.66. The van der Waals surface area contributed by atoms with Gasteiger partial charge in [-0.25, -0.2) is 0 Å². The maximum atomic E-state index is 10.1. The van der Waals surface area contributed by atoms with Crippen LogP contribution in [-0.4, -0.2) is 22.2 Å². The lowest BCUT2D eigenvalue weighted by Gasteiger charge is -2.05. The van der Waals surface area contributed by atoms with Gasteiger partial charge < -0.3 is 10.2 Å². The van der Waals surface area contributed by atoms with Gasteiger partial charge in [0.25, 0.3) is 0 Å². The molecule has 0 radical (unpaired) electrons. The number of unbranched alkanes of at least 4 members (excludes halogenated alkanes) is 3. The number of hydrogen-bond donors (Lipinski definition) is 2. The summed E-state index contributed by atoms with van der Waals surface area (Å²) in [5.41, 5.74) is 0. The van der Waals surface area contributed by atoms with E-state index in [1.807, 2.05) is 0 Å². The Morgan fingerprint density at radius 1 is 0.773 bits per heavy atom. The number of aliphatic carboxylic acids is 2. The predicted molar refractivity (Wildman–Crippen MR) is 91.1 cm³/mol. The molecule has 2 N–H and O–H groups in total. The Bertz CT molecular complexity index is 274. The molecule has 0 saturated heterocycles. The minimum atomic E-state index is -0.672. The van der Waals surface area contributed by atoms with E-state index in [2.05, 4.69) is 27.7 Å². The van der Waals surface area contributed by atoms with Crippen LogP contribution in [0.3, 0.4) is 0 Å². The first-order valence-corrected chi connectivity index (χ1v) is 8.73. The maximum Gasteiger partial charge on any atom is 0.303 e. The van der Waals surface area contributed by atoms with Crippen molar-refractivity contribution in [1.29, 1.82) is 0 Å². The van der Waals surface area contributed by atoms with E-state index in [1.165, 1.54) is 25.7 Å². The van der Waals surface area contributed by atoms with Gasteiger partial charge in [0.2, 0.25) is 0 Å². The first-order chi connectivity index (χ1) is 10.3. The average molecular weight is 316 g/mol. The zero-order valence-corrected chi connectivity index (χ0v) is 14.9. The lowest BCUT2D eigenvalue weighted by molar-refractivity contribution is -0.138. The molecular weight excluding hydrogens is 280 g/mol. The summed E-state index contributed by atoms with van der Waals surface area (Å²) in [6.07, 6.45) is 9.21. The molecule has 1 atom stereocenters. The van der Waals surface area contributed by atoms with Crippen molar-refractivity contribution in [2.75, 3.05) is 0 Å². The number of rotatable bonds is 12. The third-order valence-corrected chi connectivity index (χ3v) is 3.71. The van der Waals surface area contributed by atoms with E-state index in [0.29, 0.717) is 12.8 Å². The molecule has 132 valence electrons. The van der Waals surface area contributed by atoms with Gasteiger partial charge in [-0.05, 0) is 24.7 Å². The standard InChI is InChI=1S/2C9H18O2/c1-8(2)6-4-3-5-7-9(10)11;1-3-8(2)6-4-5-7-9(10)11/h2*8H,3-7H2,1-2H3,(H,10,11). The van der Waals surface area contributed by atoms with Crippen LogP contribution in [0.25, 0.3) is 0 Å². The first-order valence-electron chi connectivity index (χ1n) is 8.73. The van der Waals surface area contributed by atoms with Crippen molar-refractivity contribution in [3.8, 4) is 0 Å². The molecule has 0 aromatic rings. The van der Waals surface area contributed by atoms with Gasteiger partial charge in [-0.2, -0.15) is 0 Å². The van der Waals surface area contributed by atoms with Crippen molar-refractivity contribution in [3.05, 3.63) is 0 Å². The van der Waals surface area contributed by atoms with Gasteiger partial charge in [0.1, 0.15) is 0 Å². The molecule has 0 aliphatic carbocycles. The van der Waals surface area contributed by atoms with Crippen molar-refractivity contribution in [3.63, 3.8) is 0 Å². The van der Waals surface area contributed by atoms with Gasteiger partial charge in [-0.15, -0.1) is 0 Å². The summed E-state index contributed by atoms with van der Waals surface area (Å²) in [5, 5.41) is 16.7. The summed E-state index contributed by atoms with van der Waals surface area (Å²) in [5.74, 6) is 0.160. The van der Waals surface area contributed by atoms with E-state index in [0.717, 1.165) is 37.5 Å². The highest BCUT2D eigenvalue weighted by Gasteiger charge is 2.00. The van der Waals surface area contributed by atoms with E-state index in [-0.39, 0.29) is 0 Å². The molecule has 0 aliphatic heterocycles. The van der Waals surface area contributed by atoms with Crippen molar-refractivity contribution in [1.82, 2.24) is 0 Å². The van der Waals surface area contributed by atoms with Crippen LogP contribution in [0.5, 0.6) is 0 Å². The van der Waals surface area contributed by atoms with Crippen molar-refractivity contribution in [2.24, 2.45) is 11.8 Å². The molecule has 0 aliphatic rings. The average Bonchev–Trinajstić information content (AvgIpc) is 2.42. The predicted octanol–water partition coefficient (Wildman–Crippen LogP) is 5.36. The van der Waals surface area contributed by atoms with Crippen LogP contribution in [0.1, 0.15) is 91.9 Å². The molecule has 4 heteroatoms. The molecule has 22 heavy (non-hydrogen) atoms. The van der Waals surface area contributed by atoms with E-state index in [9.17, 15) is 9.59 Å². The molecule has 0 fully saturated rings. The molecule has 0 saturated carbocycles. The molecule has 0 spiro atoms. The molecule has 0 aromatic heterocycles. The summed E-state index contributed by atoms with van der Waals surface area (Å²) >= 11 is 0. The third kappa shape index (κ3) is 24.0. The van der Waals surface area contributed by atoms with Crippen LogP contribution in [0.15, 0.2) is 0 Å². The molecule has 4 nitrogen and oxygen atoms in total. The van der Waals surface area contributed by atoms with Crippen molar-refractivity contribution in [2.45, 2.75) is 91.9 Å². The zero-order valence-electron chi connectivity index (χ0n) is 14.9. The molecule has 0 heterocycles. The van der Waals surface area contributed by atoms with E-state index < -0.39 is 11.9 Å². The summed E-state index contributed by atoms with van der Waals surface area (Å²) in [6, 6.07) is 0. The van der Waals surface area contributed by atoms with Gasteiger partial charge in [0, 0.05) is 12.8 Å². The Balaban J connectivity index is 0. The lowest BCUT2D eigenvalue weighted by Crippen LogP contribution is -1.96. The first kappa shape index (κ1) is 23.2. The normalized spacial score (nSPS) is 11.7. The Kier molecular flexibility index (Phi) is 17.2. The fraction of sp³-hybridized carbons (Fsp3) is 0.889. The summed E-state index contributed by atoms with van der Waals surface area (Å²) in [4.78, 5) is 20.2. The van der Waals surface area contributed by atoms with Crippen LogP contribution >= 0.6 is 0 Å². The van der Waals surface area contributed by atoms with Crippen LogP contribution in [0.2, 0.25) is 0 Å². The highest BCUT2D eigenvalue weighted by atomic mass is 16.4. The number of hydrogen-bond acceptors (Lipinski definition) is 2. The summed E-state index contributed by atoms with van der Waals surface area (Å²) < 4.78 is 0. The van der Waals surface area contributed by atoms with Crippen molar-refractivity contribution >= 4 is 11.9 Å². The van der Waals surface area contributed by atoms with Gasteiger partial charge in [0.05, 0.1) is 0 Å². The van der Waals surface area contributed by atoms with Crippen LogP contribution in [0.4, 0.5) is 0 Å². The fourth-order valence-electron chi connectivity index (χ4n) is 1.98. The monoisotopic (exact) mass is 316 g/mol. The molecule has 0 rings (SSSR count). The topological polar surface area (TPSA) is 74.6 Å². The summed E-state index contributed by atoms with van der Waals surface area (Å²) in [7, 11) is 0. The molecule has 1 unspecified atom stereocenters. The largest absolute Gasteiger partial charge is 0.481 e. The van der Waals surface area contributed by atoms with Crippen molar-refractivity contribution < 1.29 is 19.8 Å². The van der Waals surface area contributed by atoms with Gasteiger partial charge in [-0.1, -0.05) is 66.2 Å². The van der Waals surface area contributed by atoms with Gasteiger partial charge in [-0.3, -0.25) is 9.59 Å². The number of carboxylic acids is 2. The minimum Gasteiger partial charge on any atom is -0.481 e. The second kappa shape index (κ2) is 16.3. The Labute approximate surface area is 136 Å². The van der Waals surface area contributed by atoms with E-state index in [4.69, 9.17) is 10.2 Å². The Hall–Kier alpha value is -1.06. The third-order valence-electron chi connectivity index (χ3n) is 3.71. The van der Waals surface area contributed by atoms with Gasteiger partial charge in [0.15, 0.2) is 0 Å². The summed E-state index contributed by atoms with van der Waals surface area (Å²) in [6.45, 7) is 8.76. The number of carbonyl (C=O) groups is 2. The van der Waals surface area contributed by atoms with E-state index >= 15 is 0 Å². The SMILES string of the molecule is CC(C)CCCCCC(=O)O.CCC(C)CCCCC(=O)O. The van der Waals surface area contributed by atoms with Crippen LogP contribution in [-0.2, 0) is 9.59 Å². The van der Waals surface area contributed by atoms with Crippen LogP contribution in [0, 0.1) is 11.8 Å². The fourth-order valence-corrected chi connectivity index (χ4v) is 1.98. The smallest absolute Gasteiger partial charge is 0.303 e. The molecule has 0 amide bonds. The second-order valence-corrected chi connectivity index (χ2v) is 6.54. The van der Waals surface area contributed by atoms with Crippen LogP contribution < -0.4 is 0 Å². The highest BCUT2D eigenvalue weighted by Crippen LogP contribution is 2.11. The lowest BCUT2D eigenvalue weighted by atomic mass is 10.0.